The summed E-state index contributed by atoms with van der Waals surface area (Å²) < 4.78 is 12.2. The molecule has 0 bridgehead atoms. The predicted octanol–water partition coefficient (Wildman–Crippen LogP) is 3.26. The largest absolute Gasteiger partial charge is 0.491 e. The smallest absolute Gasteiger partial charge is 0.478 e. The molecule has 6 nitrogen and oxygen atoms in total. The Kier molecular flexibility index (Phi) is 5.90. The minimum absolute atomic E-state index is 0.00634. The molecule has 140 valence electrons. The van der Waals surface area contributed by atoms with Crippen LogP contribution in [0.25, 0.3) is 6.08 Å². The van der Waals surface area contributed by atoms with Gasteiger partial charge in [-0.1, -0.05) is 23.9 Å². The molecule has 0 atom stereocenters. The van der Waals surface area contributed by atoms with Crippen molar-refractivity contribution in [3.8, 4) is 0 Å². The number of rotatable bonds is 5. The Morgan fingerprint density at radius 2 is 1.81 bits per heavy atom. The van der Waals surface area contributed by atoms with Gasteiger partial charge in [0.2, 0.25) is 0 Å². The van der Waals surface area contributed by atoms with Crippen molar-refractivity contribution in [1.29, 1.82) is 0 Å². The number of carboxylic acid groups (broad SMARTS) is 1. The van der Waals surface area contributed by atoms with Crippen LogP contribution in [0.5, 0.6) is 0 Å². The maximum atomic E-state index is 11.4. The summed E-state index contributed by atoms with van der Waals surface area (Å²) in [6.07, 6.45) is 1.83. The standard InChI is InChI=1S/C18H24BNO5S/c1-11(21)26-10-13(19-24-17(2,3)18(4,5)25-19)8-12-6-7-14(16(22)23)15(20)9-12/h6-9H,10,20H2,1-5H3,(H,22,23). The van der Waals surface area contributed by atoms with Crippen LogP contribution < -0.4 is 5.73 Å². The molecule has 1 aliphatic rings. The topological polar surface area (TPSA) is 98.9 Å². The summed E-state index contributed by atoms with van der Waals surface area (Å²) in [6, 6.07) is 4.72. The van der Waals surface area contributed by atoms with Gasteiger partial charge in [-0.25, -0.2) is 4.79 Å². The molecule has 0 saturated carbocycles. The molecule has 1 aliphatic heterocycles. The number of carbonyl (C=O) groups excluding carboxylic acids is 1. The second-order valence-corrected chi connectivity index (χ2v) is 8.39. The highest BCUT2D eigenvalue weighted by Crippen LogP contribution is 2.39. The molecule has 2 rings (SSSR count). The van der Waals surface area contributed by atoms with Crippen molar-refractivity contribution in [2.45, 2.75) is 45.8 Å². The van der Waals surface area contributed by atoms with Crippen molar-refractivity contribution < 1.29 is 24.0 Å². The Hall–Kier alpha value is -1.77. The molecule has 1 heterocycles. The highest BCUT2D eigenvalue weighted by Gasteiger charge is 2.52. The third-order valence-corrected chi connectivity index (χ3v) is 5.54. The van der Waals surface area contributed by atoms with Crippen LogP contribution in [0, 0.1) is 0 Å². The number of nitrogens with two attached hydrogens (primary N) is 1. The molecule has 0 aliphatic carbocycles. The monoisotopic (exact) mass is 377 g/mol. The molecule has 0 unspecified atom stereocenters. The summed E-state index contributed by atoms with van der Waals surface area (Å²) in [6.45, 7) is 9.35. The highest BCUT2D eigenvalue weighted by atomic mass is 32.2. The molecule has 0 spiro atoms. The number of thioether (sulfide) groups is 1. The molecule has 1 saturated heterocycles. The molecule has 0 aromatic heterocycles. The molecule has 0 amide bonds. The zero-order valence-corrected chi connectivity index (χ0v) is 16.5. The number of aromatic carboxylic acids is 1. The van der Waals surface area contributed by atoms with E-state index in [0.717, 1.165) is 11.0 Å². The fourth-order valence-electron chi connectivity index (χ4n) is 2.44. The van der Waals surface area contributed by atoms with Gasteiger partial charge in [0.15, 0.2) is 5.12 Å². The van der Waals surface area contributed by atoms with Gasteiger partial charge in [0.25, 0.3) is 0 Å². The van der Waals surface area contributed by atoms with Gasteiger partial charge in [0.1, 0.15) is 0 Å². The number of benzene rings is 1. The van der Waals surface area contributed by atoms with Gasteiger partial charge in [-0.15, -0.1) is 0 Å². The normalized spacial score (nSPS) is 18.8. The number of hydrogen-bond acceptors (Lipinski definition) is 6. The van der Waals surface area contributed by atoms with Crippen LogP contribution in [0.2, 0.25) is 0 Å². The predicted molar refractivity (Wildman–Crippen MR) is 105 cm³/mol. The fourth-order valence-corrected chi connectivity index (χ4v) is 3.03. The first-order valence-corrected chi connectivity index (χ1v) is 9.24. The van der Waals surface area contributed by atoms with E-state index in [9.17, 15) is 9.59 Å². The molecule has 26 heavy (non-hydrogen) atoms. The van der Waals surface area contributed by atoms with E-state index in [1.54, 1.807) is 12.1 Å². The number of nitrogen functional groups attached to an aromatic ring is 1. The van der Waals surface area contributed by atoms with Gasteiger partial charge >= 0.3 is 13.1 Å². The second-order valence-electron chi connectivity index (χ2n) is 7.24. The van der Waals surface area contributed by atoms with Gasteiger partial charge in [-0.3, -0.25) is 4.79 Å². The van der Waals surface area contributed by atoms with Crippen molar-refractivity contribution in [2.75, 3.05) is 11.5 Å². The Bertz CT molecular complexity index is 744. The number of carbonyl (C=O) groups is 2. The summed E-state index contributed by atoms with van der Waals surface area (Å²) >= 11 is 1.17. The molecule has 1 fully saturated rings. The summed E-state index contributed by atoms with van der Waals surface area (Å²) in [5, 5.41) is 9.09. The van der Waals surface area contributed by atoms with Gasteiger partial charge in [-0.2, -0.15) is 0 Å². The zero-order valence-electron chi connectivity index (χ0n) is 15.7. The maximum absolute atomic E-state index is 11.4. The SMILES string of the molecule is CC(=O)SCC(=Cc1ccc(C(=O)O)c(N)c1)B1OC(C)(C)C(C)(C)O1. The van der Waals surface area contributed by atoms with Gasteiger partial charge in [0, 0.05) is 18.4 Å². The van der Waals surface area contributed by atoms with Crippen LogP contribution in [-0.2, 0) is 14.1 Å². The second kappa shape index (κ2) is 7.46. The highest BCUT2D eigenvalue weighted by molar-refractivity contribution is 8.13. The van der Waals surface area contributed by atoms with Crippen molar-refractivity contribution in [1.82, 2.24) is 0 Å². The van der Waals surface area contributed by atoms with Crippen LogP contribution in [0.15, 0.2) is 23.7 Å². The molecule has 3 N–H and O–H groups in total. The molecular weight excluding hydrogens is 353 g/mol. The molecule has 1 aromatic carbocycles. The zero-order chi connectivity index (χ0) is 19.7. The average molecular weight is 377 g/mol. The van der Waals surface area contributed by atoms with Crippen molar-refractivity contribution >= 4 is 41.7 Å². The van der Waals surface area contributed by atoms with Crippen LogP contribution in [-0.4, -0.2) is 40.3 Å². The van der Waals surface area contributed by atoms with Crippen LogP contribution in [0.4, 0.5) is 5.69 Å². The number of carboxylic acids is 1. The van der Waals surface area contributed by atoms with Crippen LogP contribution in [0.1, 0.15) is 50.5 Å². The van der Waals surface area contributed by atoms with E-state index in [2.05, 4.69) is 0 Å². The lowest BCUT2D eigenvalue weighted by atomic mass is 9.78. The van der Waals surface area contributed by atoms with Gasteiger partial charge < -0.3 is 20.1 Å². The first-order valence-electron chi connectivity index (χ1n) is 8.25. The minimum Gasteiger partial charge on any atom is -0.478 e. The third-order valence-electron chi connectivity index (χ3n) is 4.66. The van der Waals surface area contributed by atoms with E-state index in [1.165, 1.54) is 24.8 Å². The van der Waals surface area contributed by atoms with Crippen molar-refractivity contribution in [3.05, 3.63) is 34.8 Å². The molecule has 8 heteroatoms. The Labute approximate surface area is 158 Å². The summed E-state index contributed by atoms with van der Waals surface area (Å²) in [7, 11) is -0.591. The summed E-state index contributed by atoms with van der Waals surface area (Å²) in [5.74, 6) is -0.663. The van der Waals surface area contributed by atoms with Gasteiger partial charge in [0.05, 0.1) is 16.8 Å². The van der Waals surface area contributed by atoms with E-state index >= 15 is 0 Å². The first-order chi connectivity index (χ1) is 11.9. The lowest BCUT2D eigenvalue weighted by molar-refractivity contribution is -0.109. The minimum atomic E-state index is -1.07. The van der Waals surface area contributed by atoms with Crippen LogP contribution >= 0.6 is 11.8 Å². The quantitative estimate of drug-likeness (QED) is 0.600. The van der Waals surface area contributed by atoms with Crippen molar-refractivity contribution in [3.63, 3.8) is 0 Å². The first kappa shape index (κ1) is 20.5. The number of anilines is 1. The van der Waals surface area contributed by atoms with Crippen LogP contribution in [0.3, 0.4) is 0 Å². The Morgan fingerprint density at radius 1 is 1.23 bits per heavy atom. The lowest BCUT2D eigenvalue weighted by Crippen LogP contribution is -2.41. The van der Waals surface area contributed by atoms with E-state index in [4.69, 9.17) is 20.1 Å². The summed E-state index contributed by atoms with van der Waals surface area (Å²) in [4.78, 5) is 22.5. The van der Waals surface area contributed by atoms with Gasteiger partial charge in [-0.05, 0) is 50.9 Å². The van der Waals surface area contributed by atoms with E-state index in [0.29, 0.717) is 5.75 Å². The fraction of sp³-hybridized carbons (Fsp3) is 0.444. The molecular formula is C18H24BNO5S. The van der Waals surface area contributed by atoms with Crippen molar-refractivity contribution in [2.24, 2.45) is 0 Å². The molecule has 1 aromatic rings. The number of hydrogen-bond donors (Lipinski definition) is 2. The lowest BCUT2D eigenvalue weighted by Gasteiger charge is -2.32. The Balaban J connectivity index is 2.36. The van der Waals surface area contributed by atoms with E-state index < -0.39 is 24.3 Å². The summed E-state index contributed by atoms with van der Waals surface area (Å²) in [5.41, 5.74) is 6.58. The molecule has 0 radical (unpaired) electrons. The maximum Gasteiger partial charge on any atom is 0.491 e. The van der Waals surface area contributed by atoms with E-state index in [-0.39, 0.29) is 16.4 Å². The Morgan fingerprint density at radius 3 is 2.27 bits per heavy atom. The third kappa shape index (κ3) is 4.49. The average Bonchev–Trinajstić information content (AvgIpc) is 2.71. The van der Waals surface area contributed by atoms with E-state index in [1.807, 2.05) is 33.8 Å².